The normalized spacial score (nSPS) is 11.4. The zero-order valence-corrected chi connectivity index (χ0v) is 31.8. The van der Waals surface area contributed by atoms with Gasteiger partial charge in [-0.05, 0) is 92.7 Å². The largest absolute Gasteiger partial charge is 0.310 e. The zero-order chi connectivity index (χ0) is 38.4. The highest BCUT2D eigenvalue weighted by molar-refractivity contribution is 6.25. The molecule has 0 radical (unpaired) electrons. The van der Waals surface area contributed by atoms with Gasteiger partial charge in [-0.3, -0.25) is 0 Å². The topological polar surface area (TPSA) is 8.17 Å². The van der Waals surface area contributed by atoms with Gasteiger partial charge in [0.2, 0.25) is 0 Å². The summed E-state index contributed by atoms with van der Waals surface area (Å²) in [5.74, 6) is 0. The van der Waals surface area contributed by atoms with Crippen molar-refractivity contribution < 1.29 is 0 Å². The lowest BCUT2D eigenvalue weighted by Crippen LogP contribution is -2.10. The molecule has 1 aromatic heterocycles. The minimum absolute atomic E-state index is 1.09. The van der Waals surface area contributed by atoms with Crippen LogP contribution >= 0.6 is 0 Å². The summed E-state index contributed by atoms with van der Waals surface area (Å²) in [7, 11) is 0. The van der Waals surface area contributed by atoms with E-state index in [1.165, 1.54) is 71.2 Å². The molecule has 10 aromatic carbocycles. The van der Waals surface area contributed by atoms with Crippen molar-refractivity contribution in [2.45, 2.75) is 0 Å². The molecule has 0 aliphatic heterocycles. The molecule has 0 bridgehead atoms. The van der Waals surface area contributed by atoms with Crippen LogP contribution in [0.2, 0.25) is 0 Å². The fraction of sp³-hybridized carbons (Fsp3) is 0. The Morgan fingerprint density at radius 2 is 0.793 bits per heavy atom. The Morgan fingerprint density at radius 3 is 1.41 bits per heavy atom. The lowest BCUT2D eigenvalue weighted by atomic mass is 9.95. The van der Waals surface area contributed by atoms with Crippen molar-refractivity contribution in [2.24, 2.45) is 0 Å². The molecule has 0 amide bonds. The number of nitrogens with zero attached hydrogens (tertiary/aromatic N) is 2. The van der Waals surface area contributed by atoms with E-state index < -0.39 is 0 Å². The molecule has 11 rings (SSSR count). The summed E-state index contributed by atoms with van der Waals surface area (Å²) in [5.41, 5.74) is 14.0. The van der Waals surface area contributed by atoms with Gasteiger partial charge in [-0.2, -0.15) is 0 Å². The molecule has 0 unspecified atom stereocenters. The average Bonchev–Trinajstić information content (AvgIpc) is 3.64. The maximum Gasteiger partial charge on any atom is 0.0625 e. The second kappa shape index (κ2) is 14.1. The van der Waals surface area contributed by atoms with Crippen LogP contribution in [-0.2, 0) is 0 Å². The van der Waals surface area contributed by atoms with Gasteiger partial charge in [0.15, 0.2) is 0 Å². The minimum atomic E-state index is 1.09. The second-order valence-electron chi connectivity index (χ2n) is 14.9. The number of hydrogen-bond acceptors (Lipinski definition) is 1. The highest BCUT2D eigenvalue weighted by Gasteiger charge is 2.23. The average molecular weight is 739 g/mol. The SMILES string of the molecule is c1ccc(-c2ccc(N(c3ccc(-c4ccccc4)cc3)c3ccc4c5c(-c6ccccc6)cc6ccccc6c5n(-c5cccc6ccccc56)c4c3)cc2)cc1. The van der Waals surface area contributed by atoms with Gasteiger partial charge in [0.05, 0.1) is 16.7 Å². The van der Waals surface area contributed by atoms with Crippen LogP contribution in [0.15, 0.2) is 231 Å². The van der Waals surface area contributed by atoms with E-state index in [1.54, 1.807) is 0 Å². The van der Waals surface area contributed by atoms with Gasteiger partial charge < -0.3 is 9.47 Å². The summed E-state index contributed by atoms with van der Waals surface area (Å²) in [4.78, 5) is 2.39. The van der Waals surface area contributed by atoms with Gasteiger partial charge in [0.25, 0.3) is 0 Å². The van der Waals surface area contributed by atoms with E-state index in [2.05, 4.69) is 240 Å². The third-order valence-corrected chi connectivity index (χ3v) is 11.6. The summed E-state index contributed by atoms with van der Waals surface area (Å²) in [5, 5.41) is 7.35. The van der Waals surface area contributed by atoms with Gasteiger partial charge >= 0.3 is 0 Å². The third kappa shape index (κ3) is 5.74. The molecular formula is C56H38N2. The number of rotatable bonds is 7. The fourth-order valence-electron chi connectivity index (χ4n) is 8.82. The van der Waals surface area contributed by atoms with E-state index in [1.807, 2.05) is 0 Å². The Hall–Kier alpha value is -7.68. The smallest absolute Gasteiger partial charge is 0.0625 e. The van der Waals surface area contributed by atoms with Gasteiger partial charge in [-0.25, -0.2) is 0 Å². The number of anilines is 3. The summed E-state index contributed by atoms with van der Waals surface area (Å²) in [6.45, 7) is 0. The number of hydrogen-bond donors (Lipinski definition) is 0. The van der Waals surface area contributed by atoms with Crippen molar-refractivity contribution in [3.63, 3.8) is 0 Å². The maximum absolute atomic E-state index is 2.53. The molecule has 0 aliphatic carbocycles. The molecule has 0 aliphatic rings. The summed E-state index contributed by atoms with van der Waals surface area (Å²) >= 11 is 0. The van der Waals surface area contributed by atoms with Gasteiger partial charge in [-0.1, -0.05) is 182 Å². The molecule has 0 N–H and O–H groups in total. The van der Waals surface area contributed by atoms with Crippen molar-refractivity contribution in [1.29, 1.82) is 0 Å². The van der Waals surface area contributed by atoms with Crippen LogP contribution in [0.5, 0.6) is 0 Å². The number of aromatic nitrogens is 1. The first-order valence-corrected chi connectivity index (χ1v) is 19.9. The van der Waals surface area contributed by atoms with E-state index >= 15 is 0 Å². The van der Waals surface area contributed by atoms with E-state index in [9.17, 15) is 0 Å². The van der Waals surface area contributed by atoms with Crippen LogP contribution in [0.1, 0.15) is 0 Å². The van der Waals surface area contributed by atoms with Crippen LogP contribution in [0.4, 0.5) is 17.1 Å². The van der Waals surface area contributed by atoms with Crippen LogP contribution in [0.3, 0.4) is 0 Å². The first kappa shape index (κ1) is 33.6. The predicted molar refractivity (Wildman–Crippen MR) is 247 cm³/mol. The van der Waals surface area contributed by atoms with Crippen molar-refractivity contribution in [3.05, 3.63) is 231 Å². The Kier molecular flexibility index (Phi) is 8.19. The Morgan fingerprint density at radius 1 is 0.310 bits per heavy atom. The molecule has 58 heavy (non-hydrogen) atoms. The Balaban J connectivity index is 1.20. The Labute approximate surface area is 338 Å². The number of benzene rings is 10. The quantitative estimate of drug-likeness (QED) is 0.158. The van der Waals surface area contributed by atoms with Crippen LogP contribution in [-0.4, -0.2) is 4.57 Å². The summed E-state index contributed by atoms with van der Waals surface area (Å²) in [6, 6.07) is 83.7. The highest BCUT2D eigenvalue weighted by Crippen LogP contribution is 2.46. The van der Waals surface area contributed by atoms with Crippen LogP contribution in [0.25, 0.3) is 82.4 Å². The van der Waals surface area contributed by atoms with E-state index in [0.29, 0.717) is 0 Å². The first-order valence-electron chi connectivity index (χ1n) is 19.9. The standard InChI is InChI=1S/C56H38N2/c1-4-15-39(16-5-1)41-27-31-46(32-28-41)57(47-33-29-42(30-34-47)40-17-6-2-7-18-40)48-35-36-51-54(38-48)58(53-26-14-23-43-21-10-12-24-49(43)53)56-50-25-13-11-22-45(50)37-52(55(51)56)44-19-8-3-9-20-44/h1-38H. The molecule has 272 valence electrons. The van der Waals surface area contributed by atoms with Gasteiger partial charge in [-0.15, -0.1) is 0 Å². The molecule has 1 heterocycles. The zero-order valence-electron chi connectivity index (χ0n) is 31.8. The minimum Gasteiger partial charge on any atom is -0.310 e. The van der Waals surface area contributed by atoms with Crippen LogP contribution < -0.4 is 4.90 Å². The van der Waals surface area contributed by atoms with E-state index in [0.717, 1.165) is 28.3 Å². The summed E-state index contributed by atoms with van der Waals surface area (Å²) < 4.78 is 2.53. The molecule has 0 saturated carbocycles. The molecule has 0 fully saturated rings. The molecule has 2 heteroatoms. The molecule has 11 aromatic rings. The highest BCUT2D eigenvalue weighted by atomic mass is 15.1. The van der Waals surface area contributed by atoms with E-state index in [4.69, 9.17) is 0 Å². The molecular weight excluding hydrogens is 701 g/mol. The maximum atomic E-state index is 2.53. The lowest BCUT2D eigenvalue weighted by Gasteiger charge is -2.26. The van der Waals surface area contributed by atoms with E-state index in [-0.39, 0.29) is 0 Å². The lowest BCUT2D eigenvalue weighted by molar-refractivity contribution is 1.20. The first-order chi connectivity index (χ1) is 28.8. The second-order valence-corrected chi connectivity index (χ2v) is 14.9. The van der Waals surface area contributed by atoms with Crippen molar-refractivity contribution >= 4 is 60.4 Å². The van der Waals surface area contributed by atoms with Crippen LogP contribution in [0, 0.1) is 0 Å². The molecule has 0 spiro atoms. The summed E-state index contributed by atoms with van der Waals surface area (Å²) in [6.07, 6.45) is 0. The molecule has 2 nitrogen and oxygen atoms in total. The molecule has 0 atom stereocenters. The van der Waals surface area contributed by atoms with Crippen molar-refractivity contribution in [3.8, 4) is 39.1 Å². The monoisotopic (exact) mass is 738 g/mol. The fourth-order valence-corrected chi connectivity index (χ4v) is 8.82. The molecule has 0 saturated heterocycles. The third-order valence-electron chi connectivity index (χ3n) is 11.6. The van der Waals surface area contributed by atoms with Crippen molar-refractivity contribution in [2.75, 3.05) is 4.90 Å². The number of fused-ring (bicyclic) bond motifs is 6. The van der Waals surface area contributed by atoms with Crippen molar-refractivity contribution in [1.82, 2.24) is 4.57 Å². The Bertz CT molecular complexity index is 3150. The predicted octanol–water partition coefficient (Wildman–Crippen LogP) is 15.6. The van der Waals surface area contributed by atoms with Gasteiger partial charge in [0, 0.05) is 38.6 Å². The van der Waals surface area contributed by atoms with Gasteiger partial charge in [0.1, 0.15) is 0 Å².